The normalized spacial score (nSPS) is 14.3. The van der Waals surface area contributed by atoms with Gasteiger partial charge in [0, 0.05) is 12.5 Å². The molecule has 0 amide bonds. The second-order valence-electron chi connectivity index (χ2n) is 5.13. The number of nitrogens with zero attached hydrogens (tertiary/aromatic N) is 1. The second-order valence-corrected chi connectivity index (χ2v) is 5.13. The highest BCUT2D eigenvalue weighted by atomic mass is 16.3. The highest BCUT2D eigenvalue weighted by molar-refractivity contribution is 5.27. The second kappa shape index (κ2) is 6.50. The maximum Gasteiger partial charge on any atom is 0.0870 e. The highest BCUT2D eigenvalue weighted by Crippen LogP contribution is 2.31. The van der Waals surface area contributed by atoms with Gasteiger partial charge in [-0.15, -0.1) is 0 Å². The van der Waals surface area contributed by atoms with E-state index in [1.807, 2.05) is 62.6 Å². The molecular weight excluding hydrogens is 234 g/mol. The van der Waals surface area contributed by atoms with Gasteiger partial charge in [-0.2, -0.15) is 0 Å². The molecule has 0 aliphatic carbocycles. The molecule has 1 N–H and O–H groups in total. The molecule has 2 aromatic rings. The largest absolute Gasteiger partial charge is 0.388 e. The Morgan fingerprint density at radius 3 is 1.79 bits per heavy atom. The molecule has 0 bridgehead atoms. The number of aliphatic hydroxyl groups is 1. The van der Waals surface area contributed by atoms with Crippen molar-refractivity contribution in [2.75, 3.05) is 20.6 Å². The Hall–Kier alpha value is -1.64. The Bertz CT molecular complexity index is 481. The molecule has 0 aliphatic rings. The molecule has 0 radical (unpaired) electrons. The third kappa shape index (κ3) is 3.66. The van der Waals surface area contributed by atoms with Crippen molar-refractivity contribution in [1.29, 1.82) is 0 Å². The van der Waals surface area contributed by atoms with Gasteiger partial charge in [-0.3, -0.25) is 0 Å². The van der Waals surface area contributed by atoms with Gasteiger partial charge in [-0.25, -0.2) is 0 Å². The summed E-state index contributed by atoms with van der Waals surface area (Å²) in [6.45, 7) is 0.820. The van der Waals surface area contributed by atoms with E-state index in [4.69, 9.17) is 0 Å². The molecule has 19 heavy (non-hydrogen) atoms. The molecule has 0 saturated carbocycles. The van der Waals surface area contributed by atoms with E-state index < -0.39 is 6.10 Å². The fourth-order valence-corrected chi connectivity index (χ4v) is 2.36. The van der Waals surface area contributed by atoms with Crippen molar-refractivity contribution < 1.29 is 5.11 Å². The first-order valence-electron chi connectivity index (χ1n) is 6.61. The van der Waals surface area contributed by atoms with Crippen LogP contribution in [-0.2, 0) is 0 Å². The molecule has 0 aliphatic heterocycles. The third-order valence-corrected chi connectivity index (χ3v) is 3.31. The summed E-state index contributed by atoms with van der Waals surface area (Å²) < 4.78 is 0. The van der Waals surface area contributed by atoms with Crippen LogP contribution in [0.4, 0.5) is 0 Å². The first-order chi connectivity index (χ1) is 9.18. The molecule has 2 atom stereocenters. The van der Waals surface area contributed by atoms with E-state index in [0.717, 1.165) is 12.1 Å². The summed E-state index contributed by atoms with van der Waals surface area (Å²) in [5.74, 6) is 0.0820. The lowest BCUT2D eigenvalue weighted by Crippen LogP contribution is -2.25. The molecule has 2 aromatic carbocycles. The maximum absolute atomic E-state index is 10.7. The van der Waals surface area contributed by atoms with Gasteiger partial charge >= 0.3 is 0 Å². The third-order valence-electron chi connectivity index (χ3n) is 3.31. The maximum atomic E-state index is 10.7. The molecule has 0 unspecified atom stereocenters. The Labute approximate surface area is 115 Å². The predicted octanol–water partition coefficient (Wildman–Crippen LogP) is 3.07. The van der Waals surface area contributed by atoms with Gasteiger partial charge in [0.2, 0.25) is 0 Å². The van der Waals surface area contributed by atoms with E-state index in [1.165, 1.54) is 5.56 Å². The van der Waals surface area contributed by atoms with Crippen molar-refractivity contribution in [3.8, 4) is 0 Å². The summed E-state index contributed by atoms with van der Waals surface area (Å²) in [5.41, 5.74) is 2.14. The summed E-state index contributed by atoms with van der Waals surface area (Å²) >= 11 is 0. The molecule has 100 valence electrons. The van der Waals surface area contributed by atoms with Crippen molar-refractivity contribution in [3.05, 3.63) is 71.8 Å². The van der Waals surface area contributed by atoms with E-state index in [9.17, 15) is 5.11 Å². The van der Waals surface area contributed by atoms with Crippen LogP contribution in [0.1, 0.15) is 23.1 Å². The lowest BCUT2D eigenvalue weighted by molar-refractivity contribution is 0.129. The van der Waals surface area contributed by atoms with Crippen LogP contribution in [0, 0.1) is 0 Å². The zero-order valence-corrected chi connectivity index (χ0v) is 11.5. The lowest BCUT2D eigenvalue weighted by atomic mass is 9.89. The summed E-state index contributed by atoms with van der Waals surface area (Å²) in [7, 11) is 4.07. The fourth-order valence-electron chi connectivity index (χ4n) is 2.36. The van der Waals surface area contributed by atoms with Crippen molar-refractivity contribution in [1.82, 2.24) is 4.90 Å². The summed E-state index contributed by atoms with van der Waals surface area (Å²) in [6, 6.07) is 20.1. The lowest BCUT2D eigenvalue weighted by Gasteiger charge is -2.26. The van der Waals surface area contributed by atoms with Crippen LogP contribution < -0.4 is 0 Å². The number of rotatable bonds is 5. The van der Waals surface area contributed by atoms with Gasteiger partial charge in [0.05, 0.1) is 6.10 Å². The van der Waals surface area contributed by atoms with Gasteiger partial charge in [0.1, 0.15) is 0 Å². The minimum absolute atomic E-state index is 0.0820. The van der Waals surface area contributed by atoms with Gasteiger partial charge < -0.3 is 10.0 Å². The smallest absolute Gasteiger partial charge is 0.0870 e. The number of hydrogen-bond donors (Lipinski definition) is 1. The van der Waals surface area contributed by atoms with E-state index >= 15 is 0 Å². The van der Waals surface area contributed by atoms with Crippen LogP contribution >= 0.6 is 0 Å². The van der Waals surface area contributed by atoms with Gasteiger partial charge in [-0.1, -0.05) is 60.7 Å². The molecule has 2 nitrogen and oxygen atoms in total. The Morgan fingerprint density at radius 2 is 1.32 bits per heavy atom. The molecule has 0 saturated heterocycles. The first kappa shape index (κ1) is 13.8. The Morgan fingerprint density at radius 1 is 0.842 bits per heavy atom. The van der Waals surface area contributed by atoms with Gasteiger partial charge in [0.25, 0.3) is 0 Å². The Kier molecular flexibility index (Phi) is 4.72. The van der Waals surface area contributed by atoms with E-state index in [1.54, 1.807) is 0 Å². The van der Waals surface area contributed by atoms with Crippen molar-refractivity contribution >= 4 is 0 Å². The van der Waals surface area contributed by atoms with E-state index in [-0.39, 0.29) is 5.92 Å². The van der Waals surface area contributed by atoms with Crippen molar-refractivity contribution in [2.45, 2.75) is 12.0 Å². The minimum Gasteiger partial charge on any atom is -0.388 e. The minimum atomic E-state index is -0.481. The zero-order valence-electron chi connectivity index (χ0n) is 11.5. The average Bonchev–Trinajstić information content (AvgIpc) is 2.46. The van der Waals surface area contributed by atoms with Crippen LogP contribution in [0.5, 0.6) is 0 Å². The molecule has 0 fully saturated rings. The number of benzene rings is 2. The van der Waals surface area contributed by atoms with Crippen molar-refractivity contribution in [3.63, 3.8) is 0 Å². The first-order valence-corrected chi connectivity index (χ1v) is 6.61. The zero-order chi connectivity index (χ0) is 13.7. The van der Waals surface area contributed by atoms with E-state index in [2.05, 4.69) is 17.0 Å². The Balaban J connectivity index is 2.28. The quantitative estimate of drug-likeness (QED) is 0.887. The van der Waals surface area contributed by atoms with Crippen LogP contribution in [0.15, 0.2) is 60.7 Å². The van der Waals surface area contributed by atoms with Crippen molar-refractivity contribution in [2.24, 2.45) is 0 Å². The van der Waals surface area contributed by atoms with Crippen LogP contribution in [0.25, 0.3) is 0 Å². The average molecular weight is 255 g/mol. The molecule has 2 heteroatoms. The number of aliphatic hydroxyl groups excluding tert-OH is 1. The topological polar surface area (TPSA) is 23.5 Å². The monoisotopic (exact) mass is 255 g/mol. The summed E-state index contributed by atoms with van der Waals surface area (Å²) in [4.78, 5) is 2.11. The molecule has 0 aromatic heterocycles. The van der Waals surface area contributed by atoms with Crippen LogP contribution in [-0.4, -0.2) is 30.6 Å². The molecular formula is C17H21NO. The fraction of sp³-hybridized carbons (Fsp3) is 0.294. The predicted molar refractivity (Wildman–Crippen MR) is 79.1 cm³/mol. The SMILES string of the molecule is CN(C)C[C@H](c1ccccc1)[C@H](O)c1ccccc1. The molecule has 0 spiro atoms. The van der Waals surface area contributed by atoms with Crippen LogP contribution in [0.2, 0.25) is 0 Å². The standard InChI is InChI=1S/C17H21NO/c1-18(2)13-16(14-9-5-3-6-10-14)17(19)15-11-7-4-8-12-15/h3-12,16-17,19H,13H2,1-2H3/t16-,17-/m1/s1. The molecule has 0 heterocycles. The highest BCUT2D eigenvalue weighted by Gasteiger charge is 2.23. The van der Waals surface area contributed by atoms with Gasteiger partial charge in [0.15, 0.2) is 0 Å². The summed E-state index contributed by atoms with van der Waals surface area (Å²) in [5, 5.41) is 10.7. The van der Waals surface area contributed by atoms with E-state index in [0.29, 0.717) is 0 Å². The number of hydrogen-bond acceptors (Lipinski definition) is 2. The number of likely N-dealkylation sites (N-methyl/N-ethyl adjacent to an activating group) is 1. The molecule has 2 rings (SSSR count). The van der Waals surface area contributed by atoms with Gasteiger partial charge in [-0.05, 0) is 25.2 Å². The summed E-state index contributed by atoms with van der Waals surface area (Å²) in [6.07, 6.45) is -0.481. The van der Waals surface area contributed by atoms with Crippen LogP contribution in [0.3, 0.4) is 0 Å².